The van der Waals surface area contributed by atoms with E-state index < -0.39 is 35.2 Å². The minimum atomic E-state index is -1.39. The van der Waals surface area contributed by atoms with Crippen molar-refractivity contribution in [2.24, 2.45) is 5.92 Å². The summed E-state index contributed by atoms with van der Waals surface area (Å²) < 4.78 is 9.96. The fraction of sp³-hybridized carbons (Fsp3) is 0.368. The van der Waals surface area contributed by atoms with Crippen molar-refractivity contribution in [2.75, 3.05) is 19.8 Å². The Bertz CT molecular complexity index is 785. The van der Waals surface area contributed by atoms with E-state index in [-0.39, 0.29) is 13.2 Å². The molecule has 0 N–H and O–H groups in total. The van der Waals surface area contributed by atoms with E-state index in [0.29, 0.717) is 5.56 Å². The summed E-state index contributed by atoms with van der Waals surface area (Å²) in [4.78, 5) is 35.4. The fourth-order valence-corrected chi connectivity index (χ4v) is 2.89. The van der Waals surface area contributed by atoms with Crippen molar-refractivity contribution in [1.29, 1.82) is 0 Å². The molecular formula is C19H21NO6. The van der Waals surface area contributed by atoms with Crippen LogP contribution in [0.3, 0.4) is 0 Å². The van der Waals surface area contributed by atoms with Crippen LogP contribution in [0.4, 0.5) is 0 Å². The summed E-state index contributed by atoms with van der Waals surface area (Å²) >= 11 is 0. The molecule has 0 saturated carbocycles. The van der Waals surface area contributed by atoms with E-state index in [0.717, 1.165) is 10.8 Å². The molecule has 0 amide bonds. The smallest absolute Gasteiger partial charge is 0.321 e. The number of carbonyl (C=O) groups is 2. The number of nitro groups is 1. The minimum Gasteiger partial charge on any atom is -0.465 e. The molecule has 0 aliphatic rings. The van der Waals surface area contributed by atoms with Gasteiger partial charge in [0.15, 0.2) is 5.92 Å². The lowest BCUT2D eigenvalue weighted by atomic mass is 9.85. The van der Waals surface area contributed by atoms with Crippen molar-refractivity contribution >= 4 is 22.7 Å². The van der Waals surface area contributed by atoms with E-state index in [2.05, 4.69) is 0 Å². The highest BCUT2D eigenvalue weighted by atomic mass is 16.6. The van der Waals surface area contributed by atoms with Gasteiger partial charge in [0, 0.05) is 4.92 Å². The number of fused-ring (bicyclic) bond motifs is 1. The number of hydrogen-bond acceptors (Lipinski definition) is 6. The Morgan fingerprint density at radius 3 is 2.12 bits per heavy atom. The molecule has 2 rings (SSSR count). The van der Waals surface area contributed by atoms with Crippen molar-refractivity contribution in [1.82, 2.24) is 0 Å². The second-order valence-corrected chi connectivity index (χ2v) is 5.71. The molecule has 0 spiro atoms. The zero-order valence-corrected chi connectivity index (χ0v) is 14.7. The van der Waals surface area contributed by atoms with Crippen molar-refractivity contribution < 1.29 is 24.0 Å². The lowest BCUT2D eigenvalue weighted by Crippen LogP contribution is -2.36. The molecular weight excluding hydrogens is 338 g/mol. The van der Waals surface area contributed by atoms with Crippen molar-refractivity contribution in [3.05, 3.63) is 58.1 Å². The summed E-state index contributed by atoms with van der Waals surface area (Å²) in [7, 11) is 0. The largest absolute Gasteiger partial charge is 0.465 e. The van der Waals surface area contributed by atoms with Crippen molar-refractivity contribution in [3.63, 3.8) is 0 Å². The molecule has 2 aromatic carbocycles. The summed E-state index contributed by atoms with van der Waals surface area (Å²) in [5.41, 5.74) is 0.520. The number of hydrogen-bond donors (Lipinski definition) is 0. The van der Waals surface area contributed by atoms with E-state index in [1.807, 2.05) is 30.3 Å². The maximum Gasteiger partial charge on any atom is 0.321 e. The predicted molar refractivity (Wildman–Crippen MR) is 95.3 cm³/mol. The number of rotatable bonds is 8. The lowest BCUT2D eigenvalue weighted by molar-refractivity contribution is -0.484. The molecule has 1 atom stereocenters. The van der Waals surface area contributed by atoms with Gasteiger partial charge in [0.1, 0.15) is 0 Å². The van der Waals surface area contributed by atoms with E-state index >= 15 is 0 Å². The fourth-order valence-electron chi connectivity index (χ4n) is 2.89. The first-order valence-electron chi connectivity index (χ1n) is 8.41. The van der Waals surface area contributed by atoms with Gasteiger partial charge in [-0.2, -0.15) is 0 Å². The molecule has 0 radical (unpaired) electrons. The van der Waals surface area contributed by atoms with Gasteiger partial charge in [0.2, 0.25) is 6.54 Å². The van der Waals surface area contributed by atoms with Gasteiger partial charge in [0.25, 0.3) is 0 Å². The van der Waals surface area contributed by atoms with Crippen LogP contribution in [0.25, 0.3) is 10.8 Å². The van der Waals surface area contributed by atoms with Crippen LogP contribution >= 0.6 is 0 Å². The molecule has 1 unspecified atom stereocenters. The van der Waals surface area contributed by atoms with Crippen LogP contribution in [-0.2, 0) is 19.1 Å². The normalized spacial score (nSPS) is 12.0. The molecule has 0 aliphatic heterocycles. The highest BCUT2D eigenvalue weighted by molar-refractivity contribution is 5.96. The molecule has 138 valence electrons. The van der Waals surface area contributed by atoms with Gasteiger partial charge in [-0.3, -0.25) is 19.7 Å². The van der Waals surface area contributed by atoms with Gasteiger partial charge < -0.3 is 9.47 Å². The summed E-state index contributed by atoms with van der Waals surface area (Å²) in [5.74, 6) is -3.99. The second-order valence-electron chi connectivity index (χ2n) is 5.71. The first-order valence-corrected chi connectivity index (χ1v) is 8.41. The van der Waals surface area contributed by atoms with Crippen LogP contribution in [0.1, 0.15) is 25.3 Å². The SMILES string of the molecule is CCOC(=O)C(C(=O)OCC)C(C[N+](=O)[O-])c1ccc2ccccc2c1. The Balaban J connectivity index is 2.51. The third-order valence-electron chi connectivity index (χ3n) is 4.03. The van der Waals surface area contributed by atoms with Crippen LogP contribution < -0.4 is 0 Å². The third kappa shape index (κ3) is 4.56. The third-order valence-corrected chi connectivity index (χ3v) is 4.03. The van der Waals surface area contributed by atoms with E-state index in [9.17, 15) is 19.7 Å². The summed E-state index contributed by atoms with van der Waals surface area (Å²) in [6, 6.07) is 12.8. The summed E-state index contributed by atoms with van der Waals surface area (Å²) in [5, 5.41) is 13.0. The maximum absolute atomic E-state index is 12.4. The number of nitrogens with zero attached hydrogens (tertiary/aromatic N) is 1. The van der Waals surface area contributed by atoms with Gasteiger partial charge in [0.05, 0.1) is 19.1 Å². The van der Waals surface area contributed by atoms with Gasteiger partial charge in [-0.1, -0.05) is 42.5 Å². The zero-order valence-electron chi connectivity index (χ0n) is 14.7. The van der Waals surface area contributed by atoms with Gasteiger partial charge >= 0.3 is 11.9 Å². The topological polar surface area (TPSA) is 95.7 Å². The van der Waals surface area contributed by atoms with Crippen LogP contribution in [-0.4, -0.2) is 36.6 Å². The Morgan fingerprint density at radius 2 is 1.58 bits per heavy atom. The van der Waals surface area contributed by atoms with Crippen LogP contribution in [0, 0.1) is 16.0 Å². The van der Waals surface area contributed by atoms with Crippen LogP contribution in [0.2, 0.25) is 0 Å². The number of esters is 2. The van der Waals surface area contributed by atoms with Gasteiger partial charge in [-0.05, 0) is 30.2 Å². The Hall–Kier alpha value is -2.96. The minimum absolute atomic E-state index is 0.0671. The van der Waals surface area contributed by atoms with E-state index in [4.69, 9.17) is 9.47 Å². The molecule has 0 heterocycles. The highest BCUT2D eigenvalue weighted by Crippen LogP contribution is 2.30. The Kier molecular flexibility index (Phi) is 6.66. The standard InChI is InChI=1S/C19H21NO6/c1-3-25-18(21)17(19(22)26-4-2)16(12-20(23)24)15-10-9-13-7-5-6-8-14(13)11-15/h5-11,16-17H,3-4,12H2,1-2H3. The number of benzene rings is 2. The molecule has 0 saturated heterocycles. The summed E-state index contributed by atoms with van der Waals surface area (Å²) in [6.45, 7) is 2.77. The maximum atomic E-state index is 12.4. The Morgan fingerprint density at radius 1 is 1.00 bits per heavy atom. The molecule has 0 fully saturated rings. The van der Waals surface area contributed by atoms with Crippen LogP contribution in [0.5, 0.6) is 0 Å². The average Bonchev–Trinajstić information content (AvgIpc) is 2.61. The molecule has 0 aliphatic carbocycles. The predicted octanol–water partition coefficient (Wildman–Crippen LogP) is 2.94. The molecule has 0 bridgehead atoms. The van der Waals surface area contributed by atoms with E-state index in [1.165, 1.54) is 0 Å². The Labute approximate surface area is 151 Å². The van der Waals surface area contributed by atoms with Crippen LogP contribution in [0.15, 0.2) is 42.5 Å². The van der Waals surface area contributed by atoms with Gasteiger partial charge in [-0.15, -0.1) is 0 Å². The molecule has 2 aromatic rings. The molecule has 0 aromatic heterocycles. The van der Waals surface area contributed by atoms with Gasteiger partial charge in [-0.25, -0.2) is 0 Å². The average molecular weight is 359 g/mol. The number of ether oxygens (including phenoxy) is 2. The first kappa shape index (κ1) is 19.4. The van der Waals surface area contributed by atoms with Crippen molar-refractivity contribution in [2.45, 2.75) is 19.8 Å². The van der Waals surface area contributed by atoms with Crippen molar-refractivity contribution in [3.8, 4) is 0 Å². The lowest BCUT2D eigenvalue weighted by Gasteiger charge is -2.22. The number of carbonyl (C=O) groups excluding carboxylic acids is 2. The zero-order chi connectivity index (χ0) is 19.1. The molecule has 7 heteroatoms. The van der Waals surface area contributed by atoms with E-state index in [1.54, 1.807) is 26.0 Å². The molecule has 7 nitrogen and oxygen atoms in total. The second kappa shape index (κ2) is 8.94. The molecule has 26 heavy (non-hydrogen) atoms. The monoisotopic (exact) mass is 359 g/mol. The highest BCUT2D eigenvalue weighted by Gasteiger charge is 2.41. The quantitative estimate of drug-likeness (QED) is 0.311. The summed E-state index contributed by atoms with van der Waals surface area (Å²) in [6.07, 6.45) is 0. The first-order chi connectivity index (χ1) is 12.5.